The zero-order valence-electron chi connectivity index (χ0n) is 26.8. The smallest absolute Gasteiger partial charge is 0.241 e. The molecule has 2 heterocycles. The van der Waals surface area contributed by atoms with Gasteiger partial charge in [-0.2, -0.15) is 0 Å². The van der Waals surface area contributed by atoms with E-state index in [1.54, 1.807) is 19.1 Å². The number of nitrogens with zero attached hydrogens (tertiary/aromatic N) is 2. The average Bonchev–Trinajstić information content (AvgIpc) is 3.45. The van der Waals surface area contributed by atoms with Gasteiger partial charge in [-0.1, -0.05) is 42.3 Å². The van der Waals surface area contributed by atoms with Crippen LogP contribution in [0.5, 0.6) is 17.2 Å². The minimum Gasteiger partial charge on any atom is -0.508 e. The first kappa shape index (κ1) is 31.9. The van der Waals surface area contributed by atoms with E-state index in [-0.39, 0.29) is 52.6 Å². The van der Waals surface area contributed by atoms with Crippen LogP contribution in [0.1, 0.15) is 43.7 Å². The molecule has 0 spiro atoms. The standard InChI is InChI=1S/C37H34ClFN2O7/c1-5-18-6-8-19(9-7-18)40-33(43)23-12-11-22-24(30(23)35(40)45)17-25-34(44)41(20-10-13-27(39)26(38)14-20)36(46)37(25,2)32(22)31-28(47-3)15-21(42)16-29(31)48-4/h6-11,13-16,23-25,30,32,42H,5,12,17H2,1-4H3/t23-,24+,25-,30-,32+,37+/m0/s1. The summed E-state index contributed by atoms with van der Waals surface area (Å²) in [6.45, 7) is 3.74. The molecule has 0 radical (unpaired) electrons. The van der Waals surface area contributed by atoms with Crippen LogP contribution < -0.4 is 19.3 Å². The molecule has 0 unspecified atom stereocenters. The molecule has 3 aromatic rings. The van der Waals surface area contributed by atoms with E-state index in [9.17, 15) is 28.7 Å². The number of rotatable bonds is 6. The Balaban J connectivity index is 1.40. The lowest BCUT2D eigenvalue weighted by atomic mass is 9.51. The summed E-state index contributed by atoms with van der Waals surface area (Å²) in [5, 5.41) is 10.3. The van der Waals surface area contributed by atoms with Gasteiger partial charge in [0.2, 0.25) is 23.6 Å². The van der Waals surface area contributed by atoms with Crippen molar-refractivity contribution >= 4 is 46.6 Å². The number of phenolic OH excluding ortho intramolecular Hbond substituents is 1. The number of amides is 4. The molecule has 3 fully saturated rings. The maximum atomic E-state index is 14.7. The second-order valence-electron chi connectivity index (χ2n) is 13.1. The highest BCUT2D eigenvalue weighted by Gasteiger charge is 2.68. The molecule has 2 aliphatic heterocycles. The van der Waals surface area contributed by atoms with Gasteiger partial charge in [0, 0.05) is 23.6 Å². The fourth-order valence-electron chi connectivity index (χ4n) is 8.54. The number of aromatic hydroxyl groups is 1. The van der Waals surface area contributed by atoms with Crippen molar-refractivity contribution in [3.63, 3.8) is 0 Å². The highest BCUT2D eigenvalue weighted by molar-refractivity contribution is 6.32. The van der Waals surface area contributed by atoms with Crippen LogP contribution in [0.15, 0.2) is 66.2 Å². The zero-order valence-corrected chi connectivity index (χ0v) is 27.6. The SMILES string of the molecule is CCc1ccc(N2C(=O)[C@H]3[C@H](CC=C4[C@H]3C[C@H]3C(=O)N(c5ccc(F)c(Cl)c5)C(=O)[C@@]3(C)[C@H]4c3c(OC)cc(O)cc3OC)C2=O)cc1. The summed E-state index contributed by atoms with van der Waals surface area (Å²) in [5.41, 5.74) is 1.42. The number of ether oxygens (including phenoxy) is 2. The summed E-state index contributed by atoms with van der Waals surface area (Å²) in [7, 11) is 2.86. The summed E-state index contributed by atoms with van der Waals surface area (Å²) in [5.74, 6) is -5.86. The lowest BCUT2D eigenvalue weighted by Gasteiger charge is -2.49. The van der Waals surface area contributed by atoms with Crippen molar-refractivity contribution in [2.75, 3.05) is 24.0 Å². The van der Waals surface area contributed by atoms with Crippen molar-refractivity contribution in [1.29, 1.82) is 0 Å². The molecular formula is C37H34ClFN2O7. The van der Waals surface area contributed by atoms with Crippen molar-refractivity contribution in [2.24, 2.45) is 29.1 Å². The predicted molar refractivity (Wildman–Crippen MR) is 176 cm³/mol. The summed E-state index contributed by atoms with van der Waals surface area (Å²) in [6, 6.07) is 13.8. The van der Waals surface area contributed by atoms with E-state index in [0.717, 1.165) is 28.5 Å². The minimum atomic E-state index is -1.42. The highest BCUT2D eigenvalue weighted by Crippen LogP contribution is 2.65. The van der Waals surface area contributed by atoms with Crippen LogP contribution >= 0.6 is 11.6 Å². The van der Waals surface area contributed by atoms with Crippen LogP contribution in [-0.2, 0) is 25.6 Å². The number of fused-ring (bicyclic) bond motifs is 4. The molecule has 2 saturated heterocycles. The summed E-state index contributed by atoms with van der Waals surface area (Å²) in [4.78, 5) is 59.7. The lowest BCUT2D eigenvalue weighted by Crippen LogP contribution is -2.49. The Hall–Kier alpha value is -4.70. The van der Waals surface area contributed by atoms with Crippen LogP contribution in [-0.4, -0.2) is 43.0 Å². The van der Waals surface area contributed by atoms with E-state index in [1.807, 2.05) is 25.1 Å². The Kier molecular flexibility index (Phi) is 7.62. The first-order valence-electron chi connectivity index (χ1n) is 15.9. The van der Waals surface area contributed by atoms with Gasteiger partial charge in [-0.05, 0) is 68.0 Å². The van der Waals surface area contributed by atoms with Crippen molar-refractivity contribution in [2.45, 2.75) is 39.0 Å². The van der Waals surface area contributed by atoms with Gasteiger partial charge < -0.3 is 14.6 Å². The molecule has 4 amide bonds. The van der Waals surface area contributed by atoms with Crippen molar-refractivity contribution < 1.29 is 38.1 Å². The molecule has 3 aromatic carbocycles. The number of aryl methyl sites for hydroxylation is 1. The van der Waals surface area contributed by atoms with E-state index < -0.39 is 52.6 Å². The first-order chi connectivity index (χ1) is 23.0. The van der Waals surface area contributed by atoms with Gasteiger partial charge in [-0.25, -0.2) is 9.29 Å². The molecular weight excluding hydrogens is 639 g/mol. The summed E-state index contributed by atoms with van der Waals surface area (Å²) < 4.78 is 25.7. The van der Waals surface area contributed by atoms with Crippen molar-refractivity contribution in [3.8, 4) is 17.2 Å². The van der Waals surface area contributed by atoms with Crippen LogP contribution in [0.25, 0.3) is 0 Å². The van der Waals surface area contributed by atoms with Gasteiger partial charge >= 0.3 is 0 Å². The number of hydrogen-bond donors (Lipinski definition) is 1. The van der Waals surface area contributed by atoms with Gasteiger partial charge in [-0.3, -0.25) is 24.1 Å². The maximum Gasteiger partial charge on any atom is 0.241 e. The van der Waals surface area contributed by atoms with Crippen LogP contribution in [0.4, 0.5) is 15.8 Å². The molecule has 1 saturated carbocycles. The number of carbonyl (C=O) groups excluding carboxylic acids is 4. The third kappa shape index (κ3) is 4.41. The topological polar surface area (TPSA) is 113 Å². The maximum absolute atomic E-state index is 14.7. The van der Waals surface area contributed by atoms with Crippen LogP contribution in [0, 0.1) is 34.9 Å². The number of methoxy groups -OCH3 is 2. The molecule has 7 rings (SSSR count). The summed E-state index contributed by atoms with van der Waals surface area (Å²) in [6.07, 6.45) is 3.11. The molecule has 0 bridgehead atoms. The monoisotopic (exact) mass is 672 g/mol. The fraction of sp³-hybridized carbons (Fsp3) is 0.351. The predicted octanol–water partition coefficient (Wildman–Crippen LogP) is 6.20. The van der Waals surface area contributed by atoms with Gasteiger partial charge in [0.15, 0.2) is 0 Å². The van der Waals surface area contributed by atoms with E-state index in [1.165, 1.54) is 43.4 Å². The van der Waals surface area contributed by atoms with E-state index in [2.05, 4.69) is 0 Å². The molecule has 9 nitrogen and oxygen atoms in total. The fourth-order valence-corrected chi connectivity index (χ4v) is 8.71. The third-order valence-corrected chi connectivity index (χ3v) is 11.1. The molecule has 248 valence electrons. The number of anilines is 2. The lowest BCUT2D eigenvalue weighted by molar-refractivity contribution is -0.131. The largest absolute Gasteiger partial charge is 0.508 e. The molecule has 48 heavy (non-hydrogen) atoms. The molecule has 11 heteroatoms. The molecule has 4 aliphatic rings. The average molecular weight is 673 g/mol. The molecule has 6 atom stereocenters. The van der Waals surface area contributed by atoms with E-state index >= 15 is 0 Å². The minimum absolute atomic E-state index is 0.124. The number of benzene rings is 3. The normalized spacial score (nSPS) is 27.9. The Labute approximate surface area is 281 Å². The number of phenols is 1. The van der Waals surface area contributed by atoms with Gasteiger partial charge in [0.05, 0.1) is 53.8 Å². The van der Waals surface area contributed by atoms with E-state index in [4.69, 9.17) is 21.1 Å². The number of hydrogen-bond acceptors (Lipinski definition) is 7. The number of carbonyl (C=O) groups is 4. The Morgan fingerprint density at radius 3 is 2.15 bits per heavy atom. The third-order valence-electron chi connectivity index (χ3n) is 10.9. The number of halogens is 2. The number of allylic oxidation sites excluding steroid dienone is 2. The van der Waals surface area contributed by atoms with E-state index in [0.29, 0.717) is 11.3 Å². The van der Waals surface area contributed by atoms with Gasteiger partial charge in [0.25, 0.3) is 0 Å². The number of imide groups is 2. The van der Waals surface area contributed by atoms with Gasteiger partial charge in [0.1, 0.15) is 23.1 Å². The van der Waals surface area contributed by atoms with Crippen LogP contribution in [0.3, 0.4) is 0 Å². The Morgan fingerprint density at radius 2 is 1.54 bits per heavy atom. The molecule has 1 N–H and O–H groups in total. The second-order valence-corrected chi connectivity index (χ2v) is 13.5. The quantitative estimate of drug-likeness (QED) is 0.245. The molecule has 2 aliphatic carbocycles. The Morgan fingerprint density at radius 1 is 0.896 bits per heavy atom. The Bertz CT molecular complexity index is 1900. The first-order valence-corrected chi connectivity index (χ1v) is 16.3. The zero-order chi connectivity index (χ0) is 34.2. The highest BCUT2D eigenvalue weighted by atomic mass is 35.5. The summed E-state index contributed by atoms with van der Waals surface area (Å²) >= 11 is 6.10. The molecule has 0 aromatic heterocycles. The van der Waals surface area contributed by atoms with Crippen molar-refractivity contribution in [1.82, 2.24) is 0 Å². The van der Waals surface area contributed by atoms with Gasteiger partial charge in [-0.15, -0.1) is 0 Å². The van der Waals surface area contributed by atoms with Crippen molar-refractivity contribution in [3.05, 3.63) is 88.2 Å². The van der Waals surface area contributed by atoms with Crippen LogP contribution in [0.2, 0.25) is 5.02 Å². The second kappa shape index (κ2) is 11.5.